The first kappa shape index (κ1) is 15.3. The Morgan fingerprint density at radius 3 is 2.70 bits per heavy atom. The molecule has 3 N–H and O–H groups in total. The smallest absolute Gasteiger partial charge is 0.129 e. The van der Waals surface area contributed by atoms with Crippen molar-refractivity contribution < 1.29 is 9.84 Å². The zero-order chi connectivity index (χ0) is 14.8. The third-order valence-corrected chi connectivity index (χ3v) is 4.56. The van der Waals surface area contributed by atoms with Crippen LogP contribution in [-0.4, -0.2) is 22.3 Å². The maximum absolute atomic E-state index is 10.9. The predicted molar refractivity (Wildman–Crippen MR) is 80.3 cm³/mol. The predicted octanol–water partition coefficient (Wildman–Crippen LogP) is 2.99. The minimum atomic E-state index is -0.705. The number of rotatable bonds is 4. The summed E-state index contributed by atoms with van der Waals surface area (Å²) in [5, 5.41) is 10.9. The van der Waals surface area contributed by atoms with Crippen molar-refractivity contribution in [3.63, 3.8) is 0 Å². The van der Waals surface area contributed by atoms with Gasteiger partial charge in [-0.1, -0.05) is 6.92 Å². The Hall–Kier alpha value is -1.13. The van der Waals surface area contributed by atoms with Crippen LogP contribution in [0.4, 0.5) is 5.82 Å². The molecule has 0 aliphatic heterocycles. The third-order valence-electron chi connectivity index (χ3n) is 4.56. The normalized spacial score (nSPS) is 28.3. The summed E-state index contributed by atoms with van der Waals surface area (Å²) in [7, 11) is 0. The van der Waals surface area contributed by atoms with Crippen LogP contribution in [0.1, 0.15) is 56.8 Å². The van der Waals surface area contributed by atoms with Gasteiger partial charge in [-0.25, -0.2) is 4.98 Å². The summed E-state index contributed by atoms with van der Waals surface area (Å²) in [5.74, 6) is 1.11. The van der Waals surface area contributed by atoms with Gasteiger partial charge in [-0.05, 0) is 57.1 Å². The van der Waals surface area contributed by atoms with Gasteiger partial charge < -0.3 is 15.6 Å². The van der Waals surface area contributed by atoms with Crippen LogP contribution < -0.4 is 5.73 Å². The van der Waals surface area contributed by atoms with Gasteiger partial charge in [-0.3, -0.25) is 0 Å². The molecule has 0 spiro atoms. The van der Waals surface area contributed by atoms with Gasteiger partial charge in [-0.15, -0.1) is 0 Å². The Morgan fingerprint density at radius 2 is 2.15 bits per heavy atom. The van der Waals surface area contributed by atoms with Gasteiger partial charge >= 0.3 is 0 Å². The highest BCUT2D eigenvalue weighted by Crippen LogP contribution is 2.44. The number of ether oxygens (including phenoxy) is 1. The standard InChI is InChI=1S/C16H26N2O2/c1-4-20-16(8-5-11(2)6-9-16)14(19)13-12(3)7-10-18-15(13)17/h7,10-11,14,19H,4-6,8-9H2,1-3H3,(H2,17,18). The number of aliphatic hydroxyl groups is 1. The molecule has 0 aromatic carbocycles. The number of aliphatic hydroxyl groups excluding tert-OH is 1. The second kappa shape index (κ2) is 6.10. The summed E-state index contributed by atoms with van der Waals surface area (Å²) in [6.07, 6.45) is 4.88. The fourth-order valence-corrected chi connectivity index (χ4v) is 3.24. The number of aryl methyl sites for hydroxylation is 1. The van der Waals surface area contributed by atoms with Crippen LogP contribution >= 0.6 is 0 Å². The first-order valence-electron chi connectivity index (χ1n) is 7.53. The minimum Gasteiger partial charge on any atom is -0.385 e. The van der Waals surface area contributed by atoms with Gasteiger partial charge in [0.05, 0.1) is 5.60 Å². The Labute approximate surface area is 121 Å². The number of aromatic nitrogens is 1. The van der Waals surface area contributed by atoms with E-state index in [0.29, 0.717) is 18.3 Å². The average Bonchev–Trinajstić information content (AvgIpc) is 2.41. The average molecular weight is 278 g/mol. The van der Waals surface area contributed by atoms with Crippen molar-refractivity contribution in [3.8, 4) is 0 Å². The molecule has 1 saturated carbocycles. The molecule has 112 valence electrons. The molecular weight excluding hydrogens is 252 g/mol. The van der Waals surface area contributed by atoms with E-state index in [1.165, 1.54) is 0 Å². The summed E-state index contributed by atoms with van der Waals surface area (Å²) in [5.41, 5.74) is 7.18. The quantitative estimate of drug-likeness (QED) is 0.888. The minimum absolute atomic E-state index is 0.412. The fourth-order valence-electron chi connectivity index (χ4n) is 3.24. The molecule has 4 nitrogen and oxygen atoms in total. The van der Waals surface area contributed by atoms with E-state index >= 15 is 0 Å². The van der Waals surface area contributed by atoms with E-state index < -0.39 is 11.7 Å². The molecule has 4 heteroatoms. The first-order valence-corrected chi connectivity index (χ1v) is 7.53. The van der Waals surface area contributed by atoms with Crippen LogP contribution in [0.15, 0.2) is 12.3 Å². The van der Waals surface area contributed by atoms with Crippen molar-refractivity contribution in [1.29, 1.82) is 0 Å². The maximum Gasteiger partial charge on any atom is 0.129 e. The van der Waals surface area contributed by atoms with E-state index in [1.807, 2.05) is 19.9 Å². The molecule has 0 bridgehead atoms. The molecule has 0 saturated heterocycles. The molecule has 2 rings (SSSR count). The van der Waals surface area contributed by atoms with Crippen molar-refractivity contribution in [2.45, 2.75) is 58.2 Å². The van der Waals surface area contributed by atoms with Gasteiger partial charge in [0.25, 0.3) is 0 Å². The Kier molecular flexibility index (Phi) is 4.66. The largest absolute Gasteiger partial charge is 0.385 e. The number of nitrogens with two attached hydrogens (primary N) is 1. The Balaban J connectivity index is 2.34. The summed E-state index contributed by atoms with van der Waals surface area (Å²) in [6.45, 7) is 6.80. The van der Waals surface area contributed by atoms with Crippen molar-refractivity contribution >= 4 is 5.82 Å². The lowest BCUT2D eigenvalue weighted by Crippen LogP contribution is -2.43. The van der Waals surface area contributed by atoms with Gasteiger partial charge in [0.15, 0.2) is 0 Å². The molecule has 1 aliphatic rings. The van der Waals surface area contributed by atoms with Crippen LogP contribution in [0, 0.1) is 12.8 Å². The van der Waals surface area contributed by atoms with Crippen LogP contribution in [0.2, 0.25) is 0 Å². The summed E-state index contributed by atoms with van der Waals surface area (Å²) < 4.78 is 6.01. The number of pyridine rings is 1. The second-order valence-electron chi connectivity index (χ2n) is 6.01. The van der Waals surface area contributed by atoms with E-state index in [1.54, 1.807) is 6.20 Å². The van der Waals surface area contributed by atoms with Crippen molar-refractivity contribution in [3.05, 3.63) is 23.4 Å². The van der Waals surface area contributed by atoms with E-state index in [4.69, 9.17) is 10.5 Å². The zero-order valence-corrected chi connectivity index (χ0v) is 12.7. The molecule has 1 unspecified atom stereocenters. The van der Waals surface area contributed by atoms with Crippen molar-refractivity contribution in [2.75, 3.05) is 12.3 Å². The second-order valence-corrected chi connectivity index (χ2v) is 6.01. The summed E-state index contributed by atoms with van der Waals surface area (Å²) in [4.78, 5) is 4.12. The summed E-state index contributed by atoms with van der Waals surface area (Å²) in [6, 6.07) is 1.89. The molecular formula is C16H26N2O2. The van der Waals surface area contributed by atoms with Gasteiger partial charge in [0, 0.05) is 18.4 Å². The van der Waals surface area contributed by atoms with Crippen LogP contribution in [0.25, 0.3) is 0 Å². The van der Waals surface area contributed by atoms with Crippen molar-refractivity contribution in [2.24, 2.45) is 5.92 Å². The molecule has 1 atom stereocenters. The number of anilines is 1. The molecule has 0 amide bonds. The van der Waals surface area contributed by atoms with E-state index in [2.05, 4.69) is 11.9 Å². The van der Waals surface area contributed by atoms with Gasteiger partial charge in [0.2, 0.25) is 0 Å². The fraction of sp³-hybridized carbons (Fsp3) is 0.688. The highest BCUT2D eigenvalue weighted by Gasteiger charge is 2.43. The molecule has 1 aromatic heterocycles. The van der Waals surface area contributed by atoms with E-state index in [-0.39, 0.29) is 0 Å². The molecule has 1 heterocycles. The molecule has 1 aromatic rings. The van der Waals surface area contributed by atoms with Gasteiger partial charge in [0.1, 0.15) is 11.9 Å². The molecule has 0 radical (unpaired) electrons. The van der Waals surface area contributed by atoms with Crippen LogP contribution in [0.3, 0.4) is 0 Å². The van der Waals surface area contributed by atoms with E-state index in [0.717, 1.165) is 36.8 Å². The third kappa shape index (κ3) is 2.81. The van der Waals surface area contributed by atoms with Crippen LogP contribution in [0.5, 0.6) is 0 Å². The maximum atomic E-state index is 10.9. The lowest BCUT2D eigenvalue weighted by atomic mass is 9.74. The topological polar surface area (TPSA) is 68.4 Å². The van der Waals surface area contributed by atoms with Crippen molar-refractivity contribution in [1.82, 2.24) is 4.98 Å². The van der Waals surface area contributed by atoms with E-state index in [9.17, 15) is 5.11 Å². The highest BCUT2D eigenvalue weighted by atomic mass is 16.5. The molecule has 1 fully saturated rings. The lowest BCUT2D eigenvalue weighted by Gasteiger charge is -2.43. The number of hydrogen-bond acceptors (Lipinski definition) is 4. The number of nitrogen functional groups attached to an aromatic ring is 1. The number of hydrogen-bond donors (Lipinski definition) is 2. The highest BCUT2D eigenvalue weighted by molar-refractivity contribution is 5.46. The monoisotopic (exact) mass is 278 g/mol. The van der Waals surface area contributed by atoms with Gasteiger partial charge in [-0.2, -0.15) is 0 Å². The van der Waals surface area contributed by atoms with Crippen LogP contribution in [-0.2, 0) is 4.74 Å². The lowest BCUT2D eigenvalue weighted by molar-refractivity contribution is -0.146. The molecule has 20 heavy (non-hydrogen) atoms. The Bertz CT molecular complexity index is 434. The number of nitrogens with zero attached hydrogens (tertiary/aromatic N) is 1. The SMILES string of the molecule is CCOC1(C(O)c2c(C)ccnc2N)CCC(C)CC1. The molecule has 1 aliphatic carbocycles. The Morgan fingerprint density at radius 1 is 1.50 bits per heavy atom. The summed E-state index contributed by atoms with van der Waals surface area (Å²) >= 11 is 0. The first-order chi connectivity index (χ1) is 9.50. The zero-order valence-electron chi connectivity index (χ0n) is 12.7.